The second-order valence-corrected chi connectivity index (χ2v) is 5.87. The Morgan fingerprint density at radius 1 is 1.12 bits per heavy atom. The lowest BCUT2D eigenvalue weighted by molar-refractivity contribution is 0.414. The zero-order valence-corrected chi connectivity index (χ0v) is 14.1. The number of ether oxygens (including phenoxy) is 1. The van der Waals surface area contributed by atoms with E-state index in [-0.39, 0.29) is 17.0 Å². The van der Waals surface area contributed by atoms with Crippen LogP contribution in [-0.4, -0.2) is 17.4 Å². The Balaban J connectivity index is 1.84. The molecule has 0 bridgehead atoms. The van der Waals surface area contributed by atoms with E-state index in [2.05, 4.69) is 5.16 Å². The molecule has 0 aliphatic rings. The minimum atomic E-state index is -0.668. The van der Waals surface area contributed by atoms with Gasteiger partial charge in [0.15, 0.2) is 5.76 Å². The van der Waals surface area contributed by atoms with Gasteiger partial charge in [-0.2, -0.15) is 0 Å². The molecule has 1 N–H and O–H groups in total. The number of para-hydroxylation sites is 1. The summed E-state index contributed by atoms with van der Waals surface area (Å²) in [6.07, 6.45) is 0. The van der Waals surface area contributed by atoms with Crippen LogP contribution in [0.1, 0.15) is 5.56 Å². The fourth-order valence-corrected chi connectivity index (χ4v) is 2.86. The van der Waals surface area contributed by atoms with Crippen molar-refractivity contribution in [1.82, 2.24) is 5.16 Å². The second kappa shape index (κ2) is 6.07. The van der Waals surface area contributed by atoms with E-state index in [0.29, 0.717) is 16.7 Å². The second-order valence-electron chi connectivity index (χ2n) is 5.87. The van der Waals surface area contributed by atoms with Crippen LogP contribution < -0.4 is 10.4 Å². The molecule has 0 aliphatic carbocycles. The SMILES string of the molecule is COc1ccc(-c2cc(-c3c(O)c4cccc(C)c4oc3=O)no2)cc1. The molecule has 6 heteroatoms. The highest BCUT2D eigenvalue weighted by Crippen LogP contribution is 2.35. The highest BCUT2D eigenvalue weighted by molar-refractivity contribution is 5.91. The van der Waals surface area contributed by atoms with Crippen LogP contribution in [0.25, 0.3) is 33.6 Å². The van der Waals surface area contributed by atoms with E-state index in [1.807, 2.05) is 25.1 Å². The van der Waals surface area contributed by atoms with E-state index in [9.17, 15) is 9.90 Å². The molecule has 26 heavy (non-hydrogen) atoms. The first kappa shape index (κ1) is 16.0. The maximum absolute atomic E-state index is 12.4. The Morgan fingerprint density at radius 3 is 2.62 bits per heavy atom. The molecule has 0 unspecified atom stereocenters. The summed E-state index contributed by atoms with van der Waals surface area (Å²) >= 11 is 0. The number of fused-ring (bicyclic) bond motifs is 1. The Morgan fingerprint density at radius 2 is 1.88 bits per heavy atom. The fourth-order valence-electron chi connectivity index (χ4n) is 2.86. The van der Waals surface area contributed by atoms with Gasteiger partial charge in [-0.3, -0.25) is 0 Å². The number of aromatic hydroxyl groups is 1. The van der Waals surface area contributed by atoms with E-state index < -0.39 is 5.63 Å². The van der Waals surface area contributed by atoms with Crippen LogP contribution >= 0.6 is 0 Å². The van der Waals surface area contributed by atoms with Crippen molar-refractivity contribution in [3.8, 4) is 34.1 Å². The summed E-state index contributed by atoms with van der Waals surface area (Å²) in [4.78, 5) is 12.4. The highest BCUT2D eigenvalue weighted by Gasteiger charge is 2.20. The van der Waals surface area contributed by atoms with E-state index in [4.69, 9.17) is 13.7 Å². The van der Waals surface area contributed by atoms with Crippen LogP contribution in [0.5, 0.6) is 11.5 Å². The number of hydrogen-bond acceptors (Lipinski definition) is 6. The lowest BCUT2D eigenvalue weighted by Gasteiger charge is -2.05. The standard InChI is InChI=1S/C20H15NO5/c1-11-4-3-5-14-18(22)17(20(23)25-19(11)14)15-10-16(26-21-15)12-6-8-13(24-2)9-7-12/h3-10,22H,1-2H3. The number of hydrogen-bond donors (Lipinski definition) is 1. The summed E-state index contributed by atoms with van der Waals surface area (Å²) < 4.78 is 15.9. The summed E-state index contributed by atoms with van der Waals surface area (Å²) in [5, 5.41) is 15.0. The molecule has 2 aromatic carbocycles. The van der Waals surface area contributed by atoms with Crippen molar-refractivity contribution in [3.63, 3.8) is 0 Å². The van der Waals surface area contributed by atoms with Gasteiger partial charge in [0.1, 0.15) is 28.3 Å². The largest absolute Gasteiger partial charge is 0.506 e. The highest BCUT2D eigenvalue weighted by atomic mass is 16.5. The molecule has 0 spiro atoms. The van der Waals surface area contributed by atoms with E-state index in [1.54, 1.807) is 37.4 Å². The molecular formula is C20H15NO5. The van der Waals surface area contributed by atoms with Crippen LogP contribution in [0.15, 0.2) is 62.3 Å². The monoisotopic (exact) mass is 349 g/mol. The maximum Gasteiger partial charge on any atom is 0.349 e. The maximum atomic E-state index is 12.4. The van der Waals surface area contributed by atoms with Crippen LogP contribution in [0, 0.1) is 6.92 Å². The zero-order valence-electron chi connectivity index (χ0n) is 14.1. The lowest BCUT2D eigenvalue weighted by Crippen LogP contribution is -2.04. The molecule has 0 saturated carbocycles. The smallest absolute Gasteiger partial charge is 0.349 e. The molecule has 0 saturated heterocycles. The Bertz CT molecular complexity index is 1160. The first-order valence-corrected chi connectivity index (χ1v) is 7.95. The summed E-state index contributed by atoms with van der Waals surface area (Å²) in [5.74, 6) is 1.01. The van der Waals surface area contributed by atoms with Crippen LogP contribution in [-0.2, 0) is 0 Å². The Hall–Kier alpha value is -3.54. The number of aromatic nitrogens is 1. The lowest BCUT2D eigenvalue weighted by atomic mass is 10.1. The Labute approximate surface area is 148 Å². The minimum absolute atomic E-state index is 0.0217. The Kier molecular flexibility index (Phi) is 3.73. The van der Waals surface area contributed by atoms with E-state index in [1.165, 1.54) is 0 Å². The first-order chi connectivity index (χ1) is 12.6. The predicted molar refractivity (Wildman–Crippen MR) is 96.4 cm³/mol. The quantitative estimate of drug-likeness (QED) is 0.560. The topological polar surface area (TPSA) is 85.7 Å². The van der Waals surface area contributed by atoms with Gasteiger partial charge in [0, 0.05) is 11.6 Å². The van der Waals surface area contributed by atoms with Gasteiger partial charge in [0.25, 0.3) is 0 Å². The average Bonchev–Trinajstić information content (AvgIpc) is 3.12. The normalized spacial score (nSPS) is 11.0. The molecule has 4 aromatic rings. The minimum Gasteiger partial charge on any atom is -0.506 e. The van der Waals surface area contributed by atoms with Crippen molar-refractivity contribution in [2.45, 2.75) is 6.92 Å². The molecular weight excluding hydrogens is 334 g/mol. The predicted octanol–water partition coefficient (Wildman–Crippen LogP) is 4.14. The molecule has 6 nitrogen and oxygen atoms in total. The molecule has 4 rings (SSSR count). The van der Waals surface area contributed by atoms with Gasteiger partial charge in [-0.15, -0.1) is 0 Å². The van der Waals surface area contributed by atoms with Crippen molar-refractivity contribution in [3.05, 3.63) is 64.5 Å². The van der Waals surface area contributed by atoms with Crippen molar-refractivity contribution in [1.29, 1.82) is 0 Å². The average molecular weight is 349 g/mol. The summed E-state index contributed by atoms with van der Waals surface area (Å²) in [6, 6.07) is 14.1. The third-order valence-electron chi connectivity index (χ3n) is 4.24. The number of methoxy groups -OCH3 is 1. The van der Waals surface area contributed by atoms with Crippen LogP contribution in [0.4, 0.5) is 0 Å². The molecule has 2 aromatic heterocycles. The van der Waals surface area contributed by atoms with E-state index >= 15 is 0 Å². The number of benzene rings is 2. The summed E-state index contributed by atoms with van der Waals surface area (Å²) in [7, 11) is 1.59. The van der Waals surface area contributed by atoms with E-state index in [0.717, 1.165) is 16.9 Å². The van der Waals surface area contributed by atoms with Gasteiger partial charge in [-0.25, -0.2) is 4.79 Å². The van der Waals surface area contributed by atoms with Gasteiger partial charge in [0.2, 0.25) is 0 Å². The molecule has 0 radical (unpaired) electrons. The van der Waals surface area contributed by atoms with Crippen molar-refractivity contribution < 1.29 is 18.8 Å². The number of nitrogens with zero attached hydrogens (tertiary/aromatic N) is 1. The number of aryl methyl sites for hydroxylation is 1. The first-order valence-electron chi connectivity index (χ1n) is 7.95. The third kappa shape index (κ3) is 2.52. The van der Waals surface area contributed by atoms with Crippen LogP contribution in [0.3, 0.4) is 0 Å². The molecule has 130 valence electrons. The third-order valence-corrected chi connectivity index (χ3v) is 4.24. The molecule has 0 atom stereocenters. The van der Waals surface area contributed by atoms with Crippen molar-refractivity contribution >= 4 is 11.0 Å². The fraction of sp³-hybridized carbons (Fsp3) is 0.100. The van der Waals surface area contributed by atoms with Gasteiger partial charge >= 0.3 is 5.63 Å². The molecule has 2 heterocycles. The summed E-state index contributed by atoms with van der Waals surface area (Å²) in [5.41, 5.74) is 1.42. The van der Waals surface area contributed by atoms with Gasteiger partial charge in [-0.1, -0.05) is 17.3 Å². The molecule has 0 aliphatic heterocycles. The van der Waals surface area contributed by atoms with Gasteiger partial charge < -0.3 is 18.8 Å². The van der Waals surface area contributed by atoms with Crippen molar-refractivity contribution in [2.24, 2.45) is 0 Å². The van der Waals surface area contributed by atoms with Gasteiger partial charge in [0.05, 0.1) is 12.5 Å². The molecule has 0 amide bonds. The van der Waals surface area contributed by atoms with Crippen molar-refractivity contribution in [2.75, 3.05) is 7.11 Å². The molecule has 0 fully saturated rings. The summed E-state index contributed by atoms with van der Waals surface area (Å²) in [6.45, 7) is 1.81. The van der Waals surface area contributed by atoms with Gasteiger partial charge in [-0.05, 0) is 42.8 Å². The number of rotatable bonds is 3. The zero-order chi connectivity index (χ0) is 18.3. The van der Waals surface area contributed by atoms with Crippen LogP contribution in [0.2, 0.25) is 0 Å².